The highest BCUT2D eigenvalue weighted by Crippen LogP contribution is 2.09. The first kappa shape index (κ1) is 16.9. The summed E-state index contributed by atoms with van der Waals surface area (Å²) in [4.78, 5) is 13.4. The minimum absolute atomic E-state index is 0.809. The number of aromatic nitrogens is 2. The third-order valence-electron chi connectivity index (χ3n) is 4.35. The Labute approximate surface area is 144 Å². The fourth-order valence-corrected chi connectivity index (χ4v) is 2.95. The molecule has 2 aromatic rings. The monoisotopic (exact) mass is 326 g/mol. The fourth-order valence-electron chi connectivity index (χ4n) is 2.95. The van der Waals surface area contributed by atoms with Crippen LogP contribution >= 0.6 is 0 Å². The Morgan fingerprint density at radius 2 is 1.62 bits per heavy atom. The number of benzene rings is 1. The summed E-state index contributed by atoms with van der Waals surface area (Å²) in [6.45, 7) is 6.90. The molecule has 0 saturated carbocycles. The molecule has 1 aromatic carbocycles. The van der Waals surface area contributed by atoms with E-state index in [1.807, 2.05) is 24.5 Å². The molecule has 0 aliphatic carbocycles. The van der Waals surface area contributed by atoms with Gasteiger partial charge >= 0.3 is 0 Å². The van der Waals surface area contributed by atoms with Gasteiger partial charge in [-0.3, -0.25) is 4.90 Å². The summed E-state index contributed by atoms with van der Waals surface area (Å²) in [6, 6.07) is 12.4. The van der Waals surface area contributed by atoms with Crippen molar-refractivity contribution >= 4 is 5.95 Å². The predicted molar refractivity (Wildman–Crippen MR) is 96.3 cm³/mol. The van der Waals surface area contributed by atoms with Gasteiger partial charge in [0.15, 0.2) is 0 Å². The van der Waals surface area contributed by atoms with Crippen LogP contribution < -0.4 is 4.90 Å². The van der Waals surface area contributed by atoms with Crippen LogP contribution in [0.5, 0.6) is 0 Å². The van der Waals surface area contributed by atoms with E-state index in [1.54, 1.807) is 0 Å². The molecular formula is C19H26N4O. The minimum Gasteiger partial charge on any atom is -0.381 e. The average Bonchev–Trinajstić information content (AvgIpc) is 2.67. The SMILES string of the molecule is c1ccc(CCOCCCN2CCN(c3ncccn3)CC2)cc1. The van der Waals surface area contributed by atoms with Crippen LogP contribution in [0.4, 0.5) is 5.95 Å². The van der Waals surface area contributed by atoms with Crippen molar-refractivity contribution in [2.45, 2.75) is 12.8 Å². The summed E-state index contributed by atoms with van der Waals surface area (Å²) in [5, 5.41) is 0. The summed E-state index contributed by atoms with van der Waals surface area (Å²) in [5.74, 6) is 0.849. The van der Waals surface area contributed by atoms with Crippen molar-refractivity contribution in [3.63, 3.8) is 0 Å². The van der Waals surface area contributed by atoms with Crippen LogP contribution in [0.1, 0.15) is 12.0 Å². The van der Waals surface area contributed by atoms with Crippen LogP contribution in [0.3, 0.4) is 0 Å². The quantitative estimate of drug-likeness (QED) is 0.696. The zero-order valence-corrected chi connectivity index (χ0v) is 14.2. The molecule has 5 heteroatoms. The lowest BCUT2D eigenvalue weighted by molar-refractivity contribution is 0.122. The van der Waals surface area contributed by atoms with Crippen molar-refractivity contribution in [1.29, 1.82) is 0 Å². The van der Waals surface area contributed by atoms with Gasteiger partial charge in [-0.1, -0.05) is 30.3 Å². The lowest BCUT2D eigenvalue weighted by atomic mass is 10.2. The lowest BCUT2D eigenvalue weighted by Gasteiger charge is -2.34. The molecule has 2 heterocycles. The standard InChI is InChI=1S/C19H26N4O/c1-2-6-18(7-3-1)8-17-24-16-5-11-22-12-14-23(15-13-22)19-20-9-4-10-21-19/h1-4,6-7,9-10H,5,8,11-17H2. The smallest absolute Gasteiger partial charge is 0.225 e. The molecule has 1 aliphatic heterocycles. The first-order valence-electron chi connectivity index (χ1n) is 8.78. The Morgan fingerprint density at radius 1 is 0.875 bits per heavy atom. The largest absolute Gasteiger partial charge is 0.381 e. The maximum absolute atomic E-state index is 5.76. The number of anilines is 1. The fraction of sp³-hybridized carbons (Fsp3) is 0.474. The third kappa shape index (κ3) is 5.28. The van der Waals surface area contributed by atoms with E-state index >= 15 is 0 Å². The summed E-state index contributed by atoms with van der Waals surface area (Å²) < 4.78 is 5.76. The van der Waals surface area contributed by atoms with Gasteiger partial charge in [-0.15, -0.1) is 0 Å². The molecule has 0 bridgehead atoms. The molecule has 3 rings (SSSR count). The van der Waals surface area contributed by atoms with E-state index < -0.39 is 0 Å². The van der Waals surface area contributed by atoms with Crippen molar-refractivity contribution in [3.05, 3.63) is 54.4 Å². The highest BCUT2D eigenvalue weighted by atomic mass is 16.5. The zero-order valence-electron chi connectivity index (χ0n) is 14.2. The molecule has 5 nitrogen and oxygen atoms in total. The van der Waals surface area contributed by atoms with E-state index in [9.17, 15) is 0 Å². The molecular weight excluding hydrogens is 300 g/mol. The zero-order chi connectivity index (χ0) is 16.5. The van der Waals surface area contributed by atoms with E-state index in [-0.39, 0.29) is 0 Å². The van der Waals surface area contributed by atoms with Crippen molar-refractivity contribution in [1.82, 2.24) is 14.9 Å². The highest BCUT2D eigenvalue weighted by Gasteiger charge is 2.17. The van der Waals surface area contributed by atoms with Gasteiger partial charge in [0.05, 0.1) is 6.61 Å². The van der Waals surface area contributed by atoms with E-state index in [1.165, 1.54) is 5.56 Å². The molecule has 0 spiro atoms. The second-order valence-electron chi connectivity index (χ2n) is 6.08. The van der Waals surface area contributed by atoms with Crippen molar-refractivity contribution in [2.24, 2.45) is 0 Å². The van der Waals surface area contributed by atoms with Crippen LogP contribution in [-0.4, -0.2) is 60.8 Å². The number of ether oxygens (including phenoxy) is 1. The van der Waals surface area contributed by atoms with E-state index in [2.05, 4.69) is 44.0 Å². The van der Waals surface area contributed by atoms with Crippen LogP contribution in [0, 0.1) is 0 Å². The molecule has 128 valence electrons. The predicted octanol–water partition coefficient (Wildman–Crippen LogP) is 2.25. The normalized spacial score (nSPS) is 15.6. The van der Waals surface area contributed by atoms with Crippen molar-refractivity contribution in [3.8, 4) is 0 Å². The van der Waals surface area contributed by atoms with E-state index in [0.29, 0.717) is 0 Å². The first-order valence-corrected chi connectivity index (χ1v) is 8.78. The summed E-state index contributed by atoms with van der Waals surface area (Å²) in [5.41, 5.74) is 1.34. The molecule has 1 aromatic heterocycles. The van der Waals surface area contributed by atoms with Crippen LogP contribution in [-0.2, 0) is 11.2 Å². The second kappa shape index (κ2) is 9.35. The van der Waals surface area contributed by atoms with Gasteiger partial charge in [-0.25, -0.2) is 9.97 Å². The van der Waals surface area contributed by atoms with Gasteiger partial charge in [-0.05, 0) is 24.5 Å². The molecule has 24 heavy (non-hydrogen) atoms. The average molecular weight is 326 g/mol. The maximum atomic E-state index is 5.76. The third-order valence-corrected chi connectivity index (χ3v) is 4.35. The highest BCUT2D eigenvalue weighted by molar-refractivity contribution is 5.29. The molecule has 0 radical (unpaired) electrons. The van der Waals surface area contributed by atoms with Gasteiger partial charge in [-0.2, -0.15) is 0 Å². The number of nitrogens with zero attached hydrogens (tertiary/aromatic N) is 4. The molecule has 0 unspecified atom stereocenters. The number of hydrogen-bond donors (Lipinski definition) is 0. The Hall–Kier alpha value is -1.98. The second-order valence-corrected chi connectivity index (χ2v) is 6.08. The van der Waals surface area contributed by atoms with E-state index in [0.717, 1.165) is 64.7 Å². The summed E-state index contributed by atoms with van der Waals surface area (Å²) in [7, 11) is 0. The molecule has 1 aliphatic rings. The molecule has 0 N–H and O–H groups in total. The van der Waals surface area contributed by atoms with Crippen LogP contribution in [0.2, 0.25) is 0 Å². The lowest BCUT2D eigenvalue weighted by Crippen LogP contribution is -2.47. The Kier molecular flexibility index (Phi) is 6.57. The number of rotatable bonds is 8. The number of piperazine rings is 1. The number of hydrogen-bond acceptors (Lipinski definition) is 5. The molecule has 0 atom stereocenters. The summed E-state index contributed by atoms with van der Waals surface area (Å²) >= 11 is 0. The Morgan fingerprint density at radius 3 is 2.38 bits per heavy atom. The Bertz CT molecular complexity index is 570. The minimum atomic E-state index is 0.809. The van der Waals surface area contributed by atoms with Crippen molar-refractivity contribution < 1.29 is 4.74 Å². The molecule has 1 saturated heterocycles. The van der Waals surface area contributed by atoms with Gasteiger partial charge in [0.25, 0.3) is 0 Å². The topological polar surface area (TPSA) is 41.5 Å². The first-order chi connectivity index (χ1) is 11.9. The van der Waals surface area contributed by atoms with Crippen LogP contribution in [0.25, 0.3) is 0 Å². The van der Waals surface area contributed by atoms with E-state index in [4.69, 9.17) is 4.74 Å². The summed E-state index contributed by atoms with van der Waals surface area (Å²) in [6.07, 6.45) is 5.70. The molecule has 1 fully saturated rings. The van der Waals surface area contributed by atoms with Gasteiger partial charge in [0, 0.05) is 51.7 Å². The Balaban J connectivity index is 1.25. The van der Waals surface area contributed by atoms with Gasteiger partial charge < -0.3 is 9.64 Å². The molecule has 0 amide bonds. The maximum Gasteiger partial charge on any atom is 0.225 e. The van der Waals surface area contributed by atoms with Gasteiger partial charge in [0.2, 0.25) is 5.95 Å². The van der Waals surface area contributed by atoms with Gasteiger partial charge in [0.1, 0.15) is 0 Å². The van der Waals surface area contributed by atoms with Crippen molar-refractivity contribution in [2.75, 3.05) is 50.8 Å². The van der Waals surface area contributed by atoms with Crippen LogP contribution in [0.15, 0.2) is 48.8 Å².